The fourth-order valence-electron chi connectivity index (χ4n) is 3.51. The highest BCUT2D eigenvalue weighted by molar-refractivity contribution is 5.80. The zero-order chi connectivity index (χ0) is 18.2. The van der Waals surface area contributed by atoms with Crippen LogP contribution in [-0.4, -0.2) is 61.0 Å². The highest BCUT2D eigenvalue weighted by Crippen LogP contribution is 2.20. The number of guanidine groups is 1. The number of aliphatic hydroxyl groups excluding tert-OH is 1. The third-order valence-corrected chi connectivity index (χ3v) is 4.97. The lowest BCUT2D eigenvalue weighted by molar-refractivity contribution is 0.120. The number of aromatic nitrogens is 1. The summed E-state index contributed by atoms with van der Waals surface area (Å²) in [6.45, 7) is 6.72. The second kappa shape index (κ2) is 9.73. The fourth-order valence-corrected chi connectivity index (χ4v) is 3.51. The molecule has 1 aromatic rings. The number of pyridine rings is 1. The number of aliphatic hydroxyl groups is 1. The van der Waals surface area contributed by atoms with E-state index in [2.05, 4.69) is 33.5 Å². The van der Waals surface area contributed by atoms with Crippen LogP contribution in [0.25, 0.3) is 0 Å². The second-order valence-electron chi connectivity index (χ2n) is 6.93. The van der Waals surface area contributed by atoms with Gasteiger partial charge in [-0.15, -0.1) is 0 Å². The van der Waals surface area contributed by atoms with Crippen molar-refractivity contribution < 1.29 is 9.84 Å². The molecule has 2 fully saturated rings. The Labute approximate surface area is 155 Å². The van der Waals surface area contributed by atoms with Crippen molar-refractivity contribution in [3.8, 4) is 0 Å². The predicted molar refractivity (Wildman–Crippen MR) is 103 cm³/mol. The number of ether oxygens (including phenoxy) is 1. The van der Waals surface area contributed by atoms with Crippen molar-refractivity contribution in [1.82, 2.24) is 15.6 Å². The van der Waals surface area contributed by atoms with Gasteiger partial charge in [0.15, 0.2) is 5.96 Å². The molecular formula is C19H31N5O2. The Morgan fingerprint density at radius 3 is 2.81 bits per heavy atom. The number of morpholine rings is 1. The van der Waals surface area contributed by atoms with Gasteiger partial charge in [-0.3, -0.25) is 0 Å². The first-order valence-electron chi connectivity index (χ1n) is 9.75. The molecule has 144 valence electrons. The number of aliphatic imine (C=N–C) groups is 1. The van der Waals surface area contributed by atoms with Crippen LogP contribution in [0.2, 0.25) is 0 Å². The number of nitrogens with one attached hydrogen (secondary N) is 2. The van der Waals surface area contributed by atoms with Gasteiger partial charge in [0.1, 0.15) is 5.82 Å². The van der Waals surface area contributed by atoms with E-state index in [1.807, 2.05) is 12.3 Å². The normalized spacial score (nSPS) is 24.4. The van der Waals surface area contributed by atoms with E-state index in [4.69, 9.17) is 9.73 Å². The van der Waals surface area contributed by atoms with E-state index in [0.717, 1.165) is 75.9 Å². The fraction of sp³-hybridized carbons (Fsp3) is 0.684. The topological polar surface area (TPSA) is 82.0 Å². The molecule has 3 N–H and O–H groups in total. The Morgan fingerprint density at radius 2 is 2.08 bits per heavy atom. The molecule has 3 rings (SSSR count). The monoisotopic (exact) mass is 361 g/mol. The van der Waals surface area contributed by atoms with E-state index in [1.165, 1.54) is 0 Å². The molecule has 7 heteroatoms. The van der Waals surface area contributed by atoms with E-state index >= 15 is 0 Å². The lowest BCUT2D eigenvalue weighted by atomic mass is 9.93. The highest BCUT2D eigenvalue weighted by Gasteiger charge is 2.20. The van der Waals surface area contributed by atoms with Crippen LogP contribution < -0.4 is 15.5 Å². The molecule has 2 aliphatic rings. The van der Waals surface area contributed by atoms with Crippen molar-refractivity contribution in [2.24, 2.45) is 4.99 Å². The van der Waals surface area contributed by atoms with E-state index < -0.39 is 0 Å². The number of hydrogen-bond acceptors (Lipinski definition) is 5. The minimum Gasteiger partial charge on any atom is -0.393 e. The highest BCUT2D eigenvalue weighted by atomic mass is 16.5. The molecule has 26 heavy (non-hydrogen) atoms. The lowest BCUT2D eigenvalue weighted by Gasteiger charge is -2.29. The summed E-state index contributed by atoms with van der Waals surface area (Å²) in [6.07, 6.45) is 5.39. The average Bonchev–Trinajstić information content (AvgIpc) is 2.69. The van der Waals surface area contributed by atoms with Gasteiger partial charge >= 0.3 is 0 Å². The van der Waals surface area contributed by atoms with Crippen LogP contribution in [0.15, 0.2) is 23.3 Å². The summed E-state index contributed by atoms with van der Waals surface area (Å²) in [4.78, 5) is 11.6. The van der Waals surface area contributed by atoms with Gasteiger partial charge in [0.05, 0.1) is 25.9 Å². The largest absolute Gasteiger partial charge is 0.393 e. The van der Waals surface area contributed by atoms with Gasteiger partial charge in [0.2, 0.25) is 0 Å². The molecule has 0 bridgehead atoms. The van der Waals surface area contributed by atoms with Crippen molar-refractivity contribution in [2.75, 3.05) is 37.7 Å². The maximum absolute atomic E-state index is 9.68. The molecule has 1 saturated carbocycles. The summed E-state index contributed by atoms with van der Waals surface area (Å²) in [6, 6.07) is 4.45. The molecule has 0 atom stereocenters. The van der Waals surface area contributed by atoms with Crippen molar-refractivity contribution in [1.29, 1.82) is 0 Å². The summed E-state index contributed by atoms with van der Waals surface area (Å²) < 4.78 is 5.45. The zero-order valence-electron chi connectivity index (χ0n) is 15.7. The average molecular weight is 361 g/mol. The van der Waals surface area contributed by atoms with Gasteiger partial charge in [0.25, 0.3) is 0 Å². The standard InChI is InChI=1S/C19H31N5O2/c1-2-20-19(23-16-5-7-17(25)8-6-16)22-14-15-4-3-9-21-18(15)24-10-12-26-13-11-24/h3-4,9,16-17,25H,2,5-8,10-14H2,1H3,(H2,20,22,23). The van der Waals surface area contributed by atoms with Crippen LogP contribution >= 0.6 is 0 Å². The summed E-state index contributed by atoms with van der Waals surface area (Å²) in [5, 5.41) is 16.5. The van der Waals surface area contributed by atoms with Gasteiger partial charge in [-0.1, -0.05) is 6.07 Å². The van der Waals surface area contributed by atoms with E-state index in [1.54, 1.807) is 0 Å². The van der Waals surface area contributed by atoms with Crippen LogP contribution in [0.5, 0.6) is 0 Å². The minimum absolute atomic E-state index is 0.140. The Bertz CT molecular complexity index is 581. The summed E-state index contributed by atoms with van der Waals surface area (Å²) in [7, 11) is 0. The molecule has 0 radical (unpaired) electrons. The molecule has 2 heterocycles. The van der Waals surface area contributed by atoms with Crippen LogP contribution in [0, 0.1) is 0 Å². The smallest absolute Gasteiger partial charge is 0.191 e. The van der Waals surface area contributed by atoms with Crippen molar-refractivity contribution in [3.63, 3.8) is 0 Å². The van der Waals surface area contributed by atoms with E-state index in [9.17, 15) is 5.11 Å². The van der Waals surface area contributed by atoms with Crippen LogP contribution in [0.4, 0.5) is 5.82 Å². The first-order chi connectivity index (χ1) is 12.8. The van der Waals surface area contributed by atoms with Crippen molar-refractivity contribution in [3.05, 3.63) is 23.9 Å². The number of hydrogen-bond donors (Lipinski definition) is 3. The molecular weight excluding hydrogens is 330 g/mol. The molecule has 1 aliphatic carbocycles. The zero-order valence-corrected chi connectivity index (χ0v) is 15.7. The number of nitrogens with zero attached hydrogens (tertiary/aromatic N) is 3. The van der Waals surface area contributed by atoms with E-state index in [-0.39, 0.29) is 6.10 Å². The Hall–Kier alpha value is -1.86. The molecule has 0 aromatic carbocycles. The van der Waals surface area contributed by atoms with Gasteiger partial charge < -0.3 is 25.4 Å². The molecule has 0 amide bonds. The van der Waals surface area contributed by atoms with Crippen LogP contribution in [0.3, 0.4) is 0 Å². The van der Waals surface area contributed by atoms with Gasteiger partial charge in [-0.25, -0.2) is 9.98 Å². The van der Waals surface area contributed by atoms with Crippen LogP contribution in [0.1, 0.15) is 38.2 Å². The lowest BCUT2D eigenvalue weighted by Crippen LogP contribution is -2.45. The Balaban J connectivity index is 1.65. The van der Waals surface area contributed by atoms with E-state index in [0.29, 0.717) is 12.6 Å². The Kier molecular flexibility index (Phi) is 7.08. The first-order valence-corrected chi connectivity index (χ1v) is 9.75. The maximum atomic E-state index is 9.68. The molecule has 0 unspecified atom stereocenters. The minimum atomic E-state index is -0.140. The SMILES string of the molecule is CCNC(=NCc1cccnc1N1CCOCC1)NC1CCC(O)CC1. The molecule has 1 saturated heterocycles. The molecule has 7 nitrogen and oxygen atoms in total. The predicted octanol–water partition coefficient (Wildman–Crippen LogP) is 1.28. The number of rotatable bonds is 5. The summed E-state index contributed by atoms with van der Waals surface area (Å²) in [5.74, 6) is 1.85. The van der Waals surface area contributed by atoms with Gasteiger partial charge in [-0.2, -0.15) is 0 Å². The first kappa shape index (κ1) is 18.9. The molecule has 0 spiro atoms. The number of anilines is 1. The summed E-state index contributed by atoms with van der Waals surface area (Å²) >= 11 is 0. The van der Waals surface area contributed by atoms with Crippen molar-refractivity contribution in [2.45, 2.75) is 51.3 Å². The molecule has 1 aliphatic heterocycles. The Morgan fingerprint density at radius 1 is 1.31 bits per heavy atom. The molecule has 1 aromatic heterocycles. The third-order valence-electron chi connectivity index (χ3n) is 4.97. The maximum Gasteiger partial charge on any atom is 0.191 e. The van der Waals surface area contributed by atoms with Crippen LogP contribution in [-0.2, 0) is 11.3 Å². The quantitative estimate of drug-likeness (QED) is 0.541. The van der Waals surface area contributed by atoms with Gasteiger partial charge in [-0.05, 0) is 38.7 Å². The third kappa shape index (κ3) is 5.32. The van der Waals surface area contributed by atoms with Gasteiger partial charge in [0, 0.05) is 37.4 Å². The summed E-state index contributed by atoms with van der Waals surface area (Å²) in [5.41, 5.74) is 1.13. The second-order valence-corrected chi connectivity index (χ2v) is 6.93. The van der Waals surface area contributed by atoms with Crippen molar-refractivity contribution >= 4 is 11.8 Å².